The summed E-state index contributed by atoms with van der Waals surface area (Å²) in [5.41, 5.74) is -0.0844. The van der Waals surface area contributed by atoms with Gasteiger partial charge in [0, 0.05) is 5.75 Å². The zero-order valence-electron chi connectivity index (χ0n) is 12.6. The average molecular weight is 323 g/mol. The lowest BCUT2D eigenvalue weighted by molar-refractivity contribution is -0.140. The molecule has 2 unspecified atom stereocenters. The zero-order valence-corrected chi connectivity index (χ0v) is 14.3. The van der Waals surface area contributed by atoms with Gasteiger partial charge in [-0.25, -0.2) is 8.42 Å². The smallest absolute Gasteiger partial charge is 0.322 e. The molecule has 0 aromatic carbocycles. The Kier molecular flexibility index (Phi) is 5.92. The van der Waals surface area contributed by atoms with Gasteiger partial charge in [-0.05, 0) is 18.3 Å². The molecule has 118 valence electrons. The zero-order chi connectivity index (χ0) is 15.6. The maximum atomic E-state index is 12.5. The summed E-state index contributed by atoms with van der Waals surface area (Å²) in [5, 5.41) is 9.01. The molecule has 1 fully saturated rings. The second kappa shape index (κ2) is 6.66. The molecule has 1 N–H and O–H groups in total. The molecular formula is C13H25NO4S2. The molecule has 1 aliphatic rings. The van der Waals surface area contributed by atoms with Crippen molar-refractivity contribution in [3.8, 4) is 0 Å². The van der Waals surface area contributed by atoms with Crippen LogP contribution in [0.5, 0.6) is 0 Å². The van der Waals surface area contributed by atoms with Gasteiger partial charge in [-0.3, -0.25) is 4.79 Å². The van der Waals surface area contributed by atoms with E-state index in [0.717, 1.165) is 6.42 Å². The van der Waals surface area contributed by atoms with Crippen LogP contribution in [0.25, 0.3) is 0 Å². The first-order valence-corrected chi connectivity index (χ1v) is 9.60. The van der Waals surface area contributed by atoms with Gasteiger partial charge in [0.2, 0.25) is 10.0 Å². The van der Waals surface area contributed by atoms with Gasteiger partial charge in [-0.2, -0.15) is 4.31 Å². The van der Waals surface area contributed by atoms with Gasteiger partial charge in [0.05, 0.1) is 11.1 Å². The number of hydrogen-bond donors (Lipinski definition) is 1. The third-order valence-electron chi connectivity index (χ3n) is 3.29. The molecule has 0 saturated carbocycles. The summed E-state index contributed by atoms with van der Waals surface area (Å²) in [7, 11) is -3.53. The lowest BCUT2D eigenvalue weighted by atomic mass is 9.94. The van der Waals surface area contributed by atoms with Crippen molar-refractivity contribution in [2.24, 2.45) is 5.41 Å². The Labute approximate surface area is 126 Å². The number of thioether (sulfide) groups is 1. The Morgan fingerprint density at radius 2 is 2.00 bits per heavy atom. The van der Waals surface area contributed by atoms with Crippen LogP contribution in [-0.4, -0.2) is 46.7 Å². The highest BCUT2D eigenvalue weighted by atomic mass is 32.2. The van der Waals surface area contributed by atoms with E-state index in [4.69, 9.17) is 0 Å². The van der Waals surface area contributed by atoms with Crippen molar-refractivity contribution >= 4 is 27.8 Å². The molecule has 7 heteroatoms. The minimum atomic E-state index is -3.53. The van der Waals surface area contributed by atoms with Crippen LogP contribution in [0.4, 0.5) is 0 Å². The molecule has 1 heterocycles. The summed E-state index contributed by atoms with van der Waals surface area (Å²) in [6.45, 7) is 7.94. The second-order valence-electron chi connectivity index (χ2n) is 6.39. The normalized spacial score (nSPS) is 25.0. The molecule has 0 bridgehead atoms. The van der Waals surface area contributed by atoms with Crippen molar-refractivity contribution in [3.05, 3.63) is 0 Å². The van der Waals surface area contributed by atoms with E-state index in [1.54, 1.807) is 0 Å². The van der Waals surface area contributed by atoms with Crippen LogP contribution in [-0.2, 0) is 14.8 Å². The van der Waals surface area contributed by atoms with Crippen LogP contribution < -0.4 is 0 Å². The quantitative estimate of drug-likeness (QED) is 0.812. The predicted octanol–water partition coefficient (Wildman–Crippen LogP) is 2.38. The molecule has 0 aromatic heterocycles. The summed E-state index contributed by atoms with van der Waals surface area (Å²) in [4.78, 5) is 11.3. The summed E-state index contributed by atoms with van der Waals surface area (Å²) in [5.74, 6) is -0.689. The summed E-state index contributed by atoms with van der Waals surface area (Å²) < 4.78 is 26.3. The monoisotopic (exact) mass is 323 g/mol. The van der Waals surface area contributed by atoms with Crippen molar-refractivity contribution < 1.29 is 18.3 Å². The maximum Gasteiger partial charge on any atom is 0.322 e. The van der Waals surface area contributed by atoms with Crippen LogP contribution in [0, 0.1) is 5.41 Å². The van der Waals surface area contributed by atoms with Crippen LogP contribution in [0.3, 0.4) is 0 Å². The van der Waals surface area contributed by atoms with E-state index in [1.807, 2.05) is 27.7 Å². The highest BCUT2D eigenvalue weighted by Gasteiger charge is 2.45. The van der Waals surface area contributed by atoms with Crippen molar-refractivity contribution in [1.29, 1.82) is 0 Å². The first-order chi connectivity index (χ1) is 9.08. The number of carbonyl (C=O) groups is 1. The van der Waals surface area contributed by atoms with Crippen molar-refractivity contribution in [2.45, 2.75) is 58.4 Å². The molecule has 0 aliphatic carbocycles. The van der Waals surface area contributed by atoms with Gasteiger partial charge in [-0.1, -0.05) is 34.1 Å². The summed E-state index contributed by atoms with van der Waals surface area (Å²) in [6.07, 6.45) is 2.07. The lowest BCUT2D eigenvalue weighted by Gasteiger charge is -2.28. The van der Waals surface area contributed by atoms with Crippen molar-refractivity contribution in [2.75, 3.05) is 11.5 Å². The molecule has 1 rings (SSSR count). The molecule has 0 aromatic rings. The van der Waals surface area contributed by atoms with Crippen LogP contribution in [0.2, 0.25) is 0 Å². The van der Waals surface area contributed by atoms with Crippen LogP contribution >= 0.6 is 11.8 Å². The Hall–Kier alpha value is -0.270. The van der Waals surface area contributed by atoms with Crippen molar-refractivity contribution in [1.82, 2.24) is 4.31 Å². The Bertz CT molecular complexity index is 442. The number of carboxylic acids is 1. The molecule has 1 aliphatic heterocycles. The Morgan fingerprint density at radius 1 is 1.40 bits per heavy atom. The molecule has 1 saturated heterocycles. The number of sulfonamides is 1. The number of carboxylic acid groups (broad SMARTS) is 1. The van der Waals surface area contributed by atoms with E-state index < -0.39 is 22.0 Å². The van der Waals surface area contributed by atoms with Gasteiger partial charge in [-0.15, -0.1) is 11.8 Å². The van der Waals surface area contributed by atoms with Crippen LogP contribution in [0.1, 0.15) is 47.0 Å². The van der Waals surface area contributed by atoms with E-state index in [-0.39, 0.29) is 16.5 Å². The molecule has 20 heavy (non-hydrogen) atoms. The fourth-order valence-corrected chi connectivity index (χ4v) is 6.27. The Morgan fingerprint density at radius 3 is 2.45 bits per heavy atom. The Balaban J connectivity index is 2.93. The van der Waals surface area contributed by atoms with Gasteiger partial charge in [0.25, 0.3) is 0 Å². The molecular weight excluding hydrogens is 298 g/mol. The maximum absolute atomic E-state index is 12.5. The number of nitrogens with zero attached hydrogens (tertiary/aromatic N) is 1. The van der Waals surface area contributed by atoms with E-state index in [2.05, 4.69) is 0 Å². The largest absolute Gasteiger partial charge is 0.480 e. The molecule has 0 spiro atoms. The van der Waals surface area contributed by atoms with E-state index in [1.165, 1.54) is 16.1 Å². The standard InChI is InChI=1S/C13H25NO4S2/c1-5-6-11-14(10(9-19-11)12(15)16)20(17,18)8-7-13(2,3)4/h10-11H,5-9H2,1-4H3,(H,15,16). The number of aliphatic carboxylic acids is 1. The first-order valence-electron chi connectivity index (χ1n) is 6.94. The summed E-state index contributed by atoms with van der Waals surface area (Å²) >= 11 is 1.44. The highest BCUT2D eigenvalue weighted by Crippen LogP contribution is 2.35. The third-order valence-corrected chi connectivity index (χ3v) is 6.65. The van der Waals surface area contributed by atoms with Gasteiger partial charge >= 0.3 is 5.97 Å². The third kappa shape index (κ3) is 4.63. The van der Waals surface area contributed by atoms with E-state index >= 15 is 0 Å². The fourth-order valence-electron chi connectivity index (χ4n) is 2.10. The average Bonchev–Trinajstić information content (AvgIpc) is 2.71. The minimum absolute atomic E-state index is 0.0149. The first kappa shape index (κ1) is 17.8. The van der Waals surface area contributed by atoms with Gasteiger partial charge in [0.1, 0.15) is 6.04 Å². The molecule has 2 atom stereocenters. The topological polar surface area (TPSA) is 74.7 Å². The van der Waals surface area contributed by atoms with Crippen LogP contribution in [0.15, 0.2) is 0 Å². The molecule has 5 nitrogen and oxygen atoms in total. The number of rotatable bonds is 6. The van der Waals surface area contributed by atoms with E-state index in [0.29, 0.717) is 18.6 Å². The minimum Gasteiger partial charge on any atom is -0.480 e. The molecule has 0 radical (unpaired) electrons. The predicted molar refractivity (Wildman–Crippen MR) is 82.3 cm³/mol. The highest BCUT2D eigenvalue weighted by molar-refractivity contribution is 8.01. The van der Waals surface area contributed by atoms with Gasteiger partial charge < -0.3 is 5.11 Å². The van der Waals surface area contributed by atoms with Gasteiger partial charge in [0.15, 0.2) is 0 Å². The number of hydrogen-bond acceptors (Lipinski definition) is 4. The molecule has 0 amide bonds. The lowest BCUT2D eigenvalue weighted by Crippen LogP contribution is -2.46. The summed E-state index contributed by atoms with van der Waals surface area (Å²) in [6, 6.07) is -0.915. The fraction of sp³-hybridized carbons (Fsp3) is 0.923. The SMILES string of the molecule is CCCC1SCC(C(=O)O)N1S(=O)(=O)CCC(C)(C)C. The van der Waals surface area contributed by atoms with E-state index in [9.17, 15) is 18.3 Å². The van der Waals surface area contributed by atoms with Crippen molar-refractivity contribution in [3.63, 3.8) is 0 Å². The second-order valence-corrected chi connectivity index (χ2v) is 9.59.